The predicted octanol–water partition coefficient (Wildman–Crippen LogP) is 4.53. The first-order valence-electron chi connectivity index (χ1n) is 5.99. The summed E-state index contributed by atoms with van der Waals surface area (Å²) in [7, 11) is 0. The summed E-state index contributed by atoms with van der Waals surface area (Å²) >= 11 is 9.13. The second-order valence-electron chi connectivity index (χ2n) is 4.44. The molecule has 4 heteroatoms. The van der Waals surface area contributed by atoms with Gasteiger partial charge in [-0.25, -0.2) is 4.39 Å². The van der Waals surface area contributed by atoms with Crippen LogP contribution >= 0.6 is 27.5 Å². The molecule has 0 fully saturated rings. The Morgan fingerprint density at radius 3 is 2.63 bits per heavy atom. The summed E-state index contributed by atoms with van der Waals surface area (Å²) in [5, 5.41) is 0.149. The summed E-state index contributed by atoms with van der Waals surface area (Å²) in [6.07, 6.45) is 0.695. The van der Waals surface area contributed by atoms with Crippen molar-refractivity contribution in [3.05, 3.63) is 68.9 Å². The molecule has 1 unspecified atom stereocenters. The molecule has 1 atom stereocenters. The molecule has 0 radical (unpaired) electrons. The molecule has 0 spiro atoms. The highest BCUT2D eigenvalue weighted by molar-refractivity contribution is 9.10. The number of hydrogen-bond donors (Lipinski definition) is 1. The minimum absolute atomic E-state index is 0.149. The van der Waals surface area contributed by atoms with Crippen LogP contribution < -0.4 is 5.73 Å². The summed E-state index contributed by atoms with van der Waals surface area (Å²) in [6.45, 7) is 0.515. The highest BCUT2D eigenvalue weighted by Gasteiger charge is 2.12. The topological polar surface area (TPSA) is 26.0 Å². The highest BCUT2D eigenvalue weighted by Crippen LogP contribution is 2.24. The monoisotopic (exact) mass is 341 g/mol. The molecule has 0 bridgehead atoms. The first kappa shape index (κ1) is 14.5. The van der Waals surface area contributed by atoms with Crippen LogP contribution in [0.2, 0.25) is 5.02 Å². The zero-order chi connectivity index (χ0) is 13.8. The summed E-state index contributed by atoms with van der Waals surface area (Å²) in [5.74, 6) is -0.220. The van der Waals surface area contributed by atoms with Gasteiger partial charge in [-0.3, -0.25) is 0 Å². The van der Waals surface area contributed by atoms with Crippen molar-refractivity contribution in [2.24, 2.45) is 5.73 Å². The van der Waals surface area contributed by atoms with Gasteiger partial charge in [0, 0.05) is 10.4 Å². The molecule has 2 N–H and O–H groups in total. The fourth-order valence-electron chi connectivity index (χ4n) is 2.05. The molecule has 0 amide bonds. The van der Waals surface area contributed by atoms with Gasteiger partial charge in [0.15, 0.2) is 0 Å². The maximum atomic E-state index is 13.4. The first-order chi connectivity index (χ1) is 9.10. The predicted molar refractivity (Wildman–Crippen MR) is 81.1 cm³/mol. The minimum atomic E-state index is -0.385. The second kappa shape index (κ2) is 6.51. The molecule has 0 heterocycles. The van der Waals surface area contributed by atoms with Crippen molar-refractivity contribution in [3.63, 3.8) is 0 Å². The van der Waals surface area contributed by atoms with E-state index in [0.29, 0.717) is 13.0 Å². The lowest BCUT2D eigenvalue weighted by Crippen LogP contribution is -2.15. The van der Waals surface area contributed by atoms with E-state index in [4.69, 9.17) is 17.3 Å². The lowest BCUT2D eigenvalue weighted by molar-refractivity contribution is 0.621. The highest BCUT2D eigenvalue weighted by atomic mass is 79.9. The maximum absolute atomic E-state index is 13.4. The maximum Gasteiger partial charge on any atom is 0.142 e. The normalized spacial score (nSPS) is 12.4. The van der Waals surface area contributed by atoms with Gasteiger partial charge in [0.2, 0.25) is 0 Å². The van der Waals surface area contributed by atoms with E-state index in [1.54, 1.807) is 6.07 Å². The van der Waals surface area contributed by atoms with Gasteiger partial charge in [-0.05, 0) is 48.4 Å². The van der Waals surface area contributed by atoms with E-state index in [9.17, 15) is 4.39 Å². The van der Waals surface area contributed by atoms with Crippen molar-refractivity contribution in [3.8, 4) is 0 Å². The molecule has 0 aliphatic rings. The van der Waals surface area contributed by atoms with E-state index < -0.39 is 0 Å². The van der Waals surface area contributed by atoms with Crippen molar-refractivity contribution >= 4 is 27.5 Å². The Morgan fingerprint density at radius 2 is 2.00 bits per heavy atom. The third-order valence-corrected chi connectivity index (χ3v) is 3.87. The molecular weight excluding hydrogens is 329 g/mol. The van der Waals surface area contributed by atoms with Crippen LogP contribution in [0.3, 0.4) is 0 Å². The second-order valence-corrected chi connectivity index (χ2v) is 5.76. The fraction of sp³-hybridized carbons (Fsp3) is 0.200. The third kappa shape index (κ3) is 3.78. The Bertz CT molecular complexity index is 574. The van der Waals surface area contributed by atoms with E-state index in [1.165, 1.54) is 6.07 Å². The average molecular weight is 343 g/mol. The zero-order valence-electron chi connectivity index (χ0n) is 10.2. The van der Waals surface area contributed by atoms with Crippen LogP contribution in [0.1, 0.15) is 17.0 Å². The Morgan fingerprint density at radius 1 is 1.21 bits per heavy atom. The van der Waals surface area contributed by atoms with Crippen molar-refractivity contribution in [1.29, 1.82) is 0 Å². The van der Waals surface area contributed by atoms with Crippen molar-refractivity contribution in [2.45, 2.75) is 12.3 Å². The van der Waals surface area contributed by atoms with E-state index in [2.05, 4.69) is 15.9 Å². The van der Waals surface area contributed by atoms with Crippen LogP contribution in [0, 0.1) is 5.82 Å². The molecule has 2 aromatic rings. The Kier molecular flexibility index (Phi) is 4.97. The van der Waals surface area contributed by atoms with Gasteiger partial charge in [-0.2, -0.15) is 0 Å². The third-order valence-electron chi connectivity index (χ3n) is 3.07. The summed E-state index contributed by atoms with van der Waals surface area (Å²) in [5.41, 5.74) is 7.88. The smallest absolute Gasteiger partial charge is 0.142 e. The van der Waals surface area contributed by atoms with E-state index in [1.807, 2.05) is 30.3 Å². The summed E-state index contributed by atoms with van der Waals surface area (Å²) in [4.78, 5) is 0. The number of halogens is 3. The van der Waals surface area contributed by atoms with Crippen LogP contribution in [0.4, 0.5) is 4.39 Å². The first-order valence-corrected chi connectivity index (χ1v) is 7.16. The Hall–Kier alpha value is -0.900. The molecule has 0 aromatic heterocycles. The van der Waals surface area contributed by atoms with Gasteiger partial charge in [0.25, 0.3) is 0 Å². The van der Waals surface area contributed by atoms with Crippen LogP contribution in [-0.4, -0.2) is 6.54 Å². The average Bonchev–Trinajstić information content (AvgIpc) is 2.40. The zero-order valence-corrected chi connectivity index (χ0v) is 12.6. The standard InChI is InChI=1S/C15H14BrClFN/c16-13-3-1-2-11(8-13)12(9-19)6-10-4-5-14(17)15(18)7-10/h1-5,7-8,12H,6,9,19H2. The van der Waals surface area contributed by atoms with E-state index >= 15 is 0 Å². The summed E-state index contributed by atoms with van der Waals surface area (Å²) in [6, 6.07) is 12.9. The fourth-order valence-corrected chi connectivity index (χ4v) is 2.58. The van der Waals surface area contributed by atoms with Gasteiger partial charge in [-0.15, -0.1) is 0 Å². The van der Waals surface area contributed by atoms with Crippen LogP contribution in [0.5, 0.6) is 0 Å². The number of rotatable bonds is 4. The molecular formula is C15H14BrClFN. The van der Waals surface area contributed by atoms with E-state index in [-0.39, 0.29) is 16.8 Å². The Balaban J connectivity index is 2.21. The van der Waals surface area contributed by atoms with Crippen LogP contribution in [-0.2, 0) is 6.42 Å². The van der Waals surface area contributed by atoms with Gasteiger partial charge in [-0.1, -0.05) is 45.7 Å². The molecule has 1 nitrogen and oxygen atoms in total. The molecule has 19 heavy (non-hydrogen) atoms. The summed E-state index contributed by atoms with van der Waals surface area (Å²) < 4.78 is 14.4. The molecule has 0 saturated heterocycles. The van der Waals surface area contributed by atoms with Crippen molar-refractivity contribution in [1.82, 2.24) is 0 Å². The van der Waals surface area contributed by atoms with E-state index in [0.717, 1.165) is 15.6 Å². The van der Waals surface area contributed by atoms with Crippen molar-refractivity contribution in [2.75, 3.05) is 6.54 Å². The molecule has 2 aromatic carbocycles. The van der Waals surface area contributed by atoms with Crippen LogP contribution in [0.25, 0.3) is 0 Å². The Labute approximate surface area is 125 Å². The lowest BCUT2D eigenvalue weighted by Gasteiger charge is -2.16. The van der Waals surface area contributed by atoms with Gasteiger partial charge < -0.3 is 5.73 Å². The molecule has 100 valence electrons. The molecule has 0 aliphatic heterocycles. The lowest BCUT2D eigenvalue weighted by atomic mass is 9.92. The molecule has 0 saturated carbocycles. The number of benzene rings is 2. The van der Waals surface area contributed by atoms with Crippen LogP contribution in [0.15, 0.2) is 46.9 Å². The van der Waals surface area contributed by atoms with Gasteiger partial charge >= 0.3 is 0 Å². The van der Waals surface area contributed by atoms with Gasteiger partial charge in [0.05, 0.1) is 5.02 Å². The molecule has 2 rings (SSSR count). The quantitative estimate of drug-likeness (QED) is 0.868. The minimum Gasteiger partial charge on any atom is -0.330 e. The number of hydrogen-bond acceptors (Lipinski definition) is 1. The van der Waals surface area contributed by atoms with Gasteiger partial charge in [0.1, 0.15) is 5.82 Å². The molecule has 0 aliphatic carbocycles. The largest absolute Gasteiger partial charge is 0.330 e. The van der Waals surface area contributed by atoms with Crippen molar-refractivity contribution < 1.29 is 4.39 Å². The number of nitrogens with two attached hydrogens (primary N) is 1. The SMILES string of the molecule is NCC(Cc1ccc(Cl)c(F)c1)c1cccc(Br)c1.